The van der Waals surface area contributed by atoms with Gasteiger partial charge in [0.05, 0.1) is 5.56 Å². The second-order valence-corrected chi connectivity index (χ2v) is 11.1. The molecule has 1 fully saturated rings. The largest absolute Gasteiger partial charge is 0.352 e. The zero-order valence-corrected chi connectivity index (χ0v) is 20.9. The van der Waals surface area contributed by atoms with Crippen molar-refractivity contribution in [1.82, 2.24) is 14.5 Å². The molecule has 1 saturated carbocycles. The van der Waals surface area contributed by atoms with Crippen LogP contribution in [0.4, 0.5) is 0 Å². The molecule has 186 valence electrons. The van der Waals surface area contributed by atoms with Gasteiger partial charge in [-0.05, 0) is 43.9 Å². The number of carbonyl (C=O) groups excluding carboxylic acids is 3. The first kappa shape index (κ1) is 24.9. The first-order chi connectivity index (χ1) is 16.7. The van der Waals surface area contributed by atoms with Gasteiger partial charge in [0.15, 0.2) is 0 Å². The molecule has 2 aliphatic rings. The van der Waals surface area contributed by atoms with E-state index in [-0.39, 0.29) is 29.0 Å². The van der Waals surface area contributed by atoms with E-state index in [1.807, 2.05) is 38.1 Å². The van der Waals surface area contributed by atoms with E-state index < -0.39 is 34.4 Å². The molecular formula is C26H31N3O5S. The van der Waals surface area contributed by atoms with Crippen molar-refractivity contribution in [2.45, 2.75) is 69.5 Å². The van der Waals surface area contributed by atoms with E-state index in [1.54, 1.807) is 12.1 Å². The van der Waals surface area contributed by atoms with E-state index in [4.69, 9.17) is 0 Å². The number of aryl methyl sites for hydroxylation is 1. The normalized spacial score (nSPS) is 17.8. The smallest absolute Gasteiger partial charge is 0.269 e. The summed E-state index contributed by atoms with van der Waals surface area (Å²) in [5.74, 6) is -1.57. The number of benzene rings is 2. The molecule has 1 heterocycles. The lowest BCUT2D eigenvalue weighted by molar-refractivity contribution is -0.141. The minimum Gasteiger partial charge on any atom is -0.352 e. The second-order valence-electron chi connectivity index (χ2n) is 9.24. The third kappa shape index (κ3) is 5.10. The van der Waals surface area contributed by atoms with E-state index >= 15 is 0 Å². The maximum Gasteiger partial charge on any atom is 0.269 e. The highest BCUT2D eigenvalue weighted by Gasteiger charge is 2.43. The molecule has 1 aliphatic heterocycles. The van der Waals surface area contributed by atoms with Crippen LogP contribution in [0.2, 0.25) is 0 Å². The molecule has 0 aromatic heterocycles. The summed E-state index contributed by atoms with van der Waals surface area (Å²) < 4.78 is 26.6. The lowest BCUT2D eigenvalue weighted by atomic mass is 10.1. The van der Waals surface area contributed by atoms with Gasteiger partial charge in [0, 0.05) is 12.6 Å². The molecule has 1 atom stereocenters. The maximum atomic E-state index is 13.6. The average Bonchev–Trinajstić information content (AvgIpc) is 3.40. The number of hydrogen-bond donors (Lipinski definition) is 1. The van der Waals surface area contributed by atoms with Crippen LogP contribution in [-0.2, 0) is 26.2 Å². The fourth-order valence-corrected chi connectivity index (χ4v) is 6.41. The highest BCUT2D eigenvalue weighted by Crippen LogP contribution is 2.30. The van der Waals surface area contributed by atoms with Gasteiger partial charge in [-0.2, -0.15) is 0 Å². The molecule has 35 heavy (non-hydrogen) atoms. The van der Waals surface area contributed by atoms with Gasteiger partial charge in [-0.1, -0.05) is 61.7 Å². The Morgan fingerprint density at radius 3 is 2.49 bits per heavy atom. The number of fused-ring (bicyclic) bond motifs is 1. The summed E-state index contributed by atoms with van der Waals surface area (Å²) in [6.07, 6.45) is 4.29. The summed E-state index contributed by atoms with van der Waals surface area (Å²) in [5.41, 5.74) is 1.88. The number of amides is 3. The van der Waals surface area contributed by atoms with Crippen LogP contribution in [0.25, 0.3) is 0 Å². The fourth-order valence-electron chi connectivity index (χ4n) is 4.90. The number of nitrogens with one attached hydrogen (secondary N) is 1. The number of nitrogens with zero attached hydrogens (tertiary/aromatic N) is 2. The molecule has 8 nitrogen and oxygen atoms in total. The zero-order valence-electron chi connectivity index (χ0n) is 20.1. The average molecular weight is 498 g/mol. The predicted molar refractivity (Wildman–Crippen MR) is 131 cm³/mol. The quantitative estimate of drug-likeness (QED) is 0.604. The van der Waals surface area contributed by atoms with E-state index in [1.165, 1.54) is 17.0 Å². The summed E-state index contributed by atoms with van der Waals surface area (Å²) in [6.45, 7) is 3.23. The van der Waals surface area contributed by atoms with Crippen LogP contribution in [0, 0.1) is 6.92 Å². The Balaban J connectivity index is 1.61. The lowest BCUT2D eigenvalue weighted by Crippen LogP contribution is -2.53. The Bertz CT molecular complexity index is 1240. The van der Waals surface area contributed by atoms with Crippen LogP contribution in [0.5, 0.6) is 0 Å². The van der Waals surface area contributed by atoms with E-state index in [9.17, 15) is 22.8 Å². The van der Waals surface area contributed by atoms with Crippen molar-refractivity contribution in [2.24, 2.45) is 0 Å². The van der Waals surface area contributed by atoms with Crippen molar-refractivity contribution >= 4 is 27.7 Å². The van der Waals surface area contributed by atoms with Crippen molar-refractivity contribution in [3.05, 3.63) is 65.2 Å². The Morgan fingerprint density at radius 1 is 1.11 bits per heavy atom. The van der Waals surface area contributed by atoms with E-state index in [0.29, 0.717) is 10.7 Å². The highest BCUT2D eigenvalue weighted by atomic mass is 32.2. The van der Waals surface area contributed by atoms with Crippen LogP contribution in [0.1, 0.15) is 60.5 Å². The highest BCUT2D eigenvalue weighted by molar-refractivity contribution is 7.90. The van der Waals surface area contributed by atoms with Gasteiger partial charge < -0.3 is 10.2 Å². The molecule has 0 bridgehead atoms. The Morgan fingerprint density at radius 2 is 1.83 bits per heavy atom. The van der Waals surface area contributed by atoms with Crippen LogP contribution in [0.3, 0.4) is 0 Å². The molecule has 4 rings (SSSR count). The number of sulfonamides is 1. The molecule has 1 aliphatic carbocycles. The van der Waals surface area contributed by atoms with Crippen LogP contribution < -0.4 is 5.32 Å². The minimum absolute atomic E-state index is 0.0524. The van der Waals surface area contributed by atoms with Gasteiger partial charge in [0.25, 0.3) is 15.9 Å². The standard InChI is InChI=1S/C26H31N3O5S/c1-3-22(25(31)27-20-11-4-5-12-20)28(16-19-10-8-9-18(2)15-19)24(30)17-29-26(32)21-13-6-7-14-23(21)35(29,33)34/h6-10,13-15,20,22H,3-5,11-12,16-17H2,1-2H3,(H,27,31)/t22-/m0/s1. The topological polar surface area (TPSA) is 104 Å². The molecule has 3 amide bonds. The van der Waals surface area contributed by atoms with Crippen LogP contribution in [0.15, 0.2) is 53.4 Å². The van der Waals surface area contributed by atoms with Crippen molar-refractivity contribution in [3.8, 4) is 0 Å². The number of hydrogen-bond acceptors (Lipinski definition) is 5. The first-order valence-electron chi connectivity index (χ1n) is 12.0. The number of rotatable bonds is 8. The summed E-state index contributed by atoms with van der Waals surface area (Å²) in [4.78, 5) is 41.0. The van der Waals surface area contributed by atoms with Crippen molar-refractivity contribution in [2.75, 3.05) is 6.54 Å². The van der Waals surface area contributed by atoms with Crippen molar-refractivity contribution in [3.63, 3.8) is 0 Å². The molecule has 2 aromatic rings. The van der Waals surface area contributed by atoms with Crippen molar-refractivity contribution in [1.29, 1.82) is 0 Å². The van der Waals surface area contributed by atoms with Gasteiger partial charge in [-0.25, -0.2) is 12.7 Å². The van der Waals surface area contributed by atoms with Gasteiger partial charge >= 0.3 is 0 Å². The van der Waals surface area contributed by atoms with Gasteiger partial charge in [-0.15, -0.1) is 0 Å². The van der Waals surface area contributed by atoms with E-state index in [0.717, 1.165) is 36.8 Å². The van der Waals surface area contributed by atoms with Gasteiger partial charge in [0.1, 0.15) is 17.5 Å². The van der Waals surface area contributed by atoms with Crippen LogP contribution in [-0.4, -0.2) is 54.0 Å². The first-order valence-corrected chi connectivity index (χ1v) is 13.5. The minimum atomic E-state index is -4.14. The Hall–Kier alpha value is -3.20. The third-order valence-corrected chi connectivity index (χ3v) is 8.50. The molecule has 0 unspecified atom stereocenters. The molecule has 0 radical (unpaired) electrons. The lowest BCUT2D eigenvalue weighted by Gasteiger charge is -2.32. The maximum absolute atomic E-state index is 13.6. The fraction of sp³-hybridized carbons (Fsp3) is 0.423. The predicted octanol–water partition coefficient (Wildman–Crippen LogP) is 3.01. The van der Waals surface area contributed by atoms with Crippen LogP contribution >= 0.6 is 0 Å². The molecule has 0 spiro atoms. The SMILES string of the molecule is CC[C@@H](C(=O)NC1CCCC1)N(Cc1cccc(C)c1)C(=O)CN1C(=O)c2ccccc2S1(=O)=O. The summed E-state index contributed by atoms with van der Waals surface area (Å²) in [6, 6.07) is 12.8. The van der Waals surface area contributed by atoms with Gasteiger partial charge in [0.2, 0.25) is 11.8 Å². The second kappa shape index (κ2) is 10.2. The number of carbonyl (C=O) groups is 3. The molecule has 9 heteroatoms. The summed E-state index contributed by atoms with van der Waals surface area (Å²) >= 11 is 0. The van der Waals surface area contributed by atoms with E-state index in [2.05, 4.69) is 5.32 Å². The molecule has 0 saturated heterocycles. The zero-order chi connectivity index (χ0) is 25.2. The van der Waals surface area contributed by atoms with Crippen molar-refractivity contribution < 1.29 is 22.8 Å². The molecule has 2 aromatic carbocycles. The molecule has 1 N–H and O–H groups in total. The Kier molecular flexibility index (Phi) is 7.25. The molecular weight excluding hydrogens is 466 g/mol. The summed E-state index contributed by atoms with van der Waals surface area (Å²) in [5, 5.41) is 3.06. The third-order valence-electron chi connectivity index (χ3n) is 6.71. The summed E-state index contributed by atoms with van der Waals surface area (Å²) in [7, 11) is -4.14. The Labute approximate surface area is 206 Å². The monoisotopic (exact) mass is 497 g/mol. The van der Waals surface area contributed by atoms with Gasteiger partial charge in [-0.3, -0.25) is 14.4 Å².